The molecule has 1 rings (SSSR count). The standard InChI is InChI=1S/C12H13F3O2/c1-3-4-8-5-6-9(12(13,14)15)7-10(8)11(16)17-2/h5-7H,3-4H2,1-2H3. The Hall–Kier alpha value is -1.52. The molecule has 17 heavy (non-hydrogen) atoms. The number of halogens is 3. The summed E-state index contributed by atoms with van der Waals surface area (Å²) >= 11 is 0. The van der Waals surface area contributed by atoms with Gasteiger partial charge in [-0.3, -0.25) is 0 Å². The van der Waals surface area contributed by atoms with Gasteiger partial charge in [0.25, 0.3) is 0 Å². The van der Waals surface area contributed by atoms with E-state index in [2.05, 4.69) is 4.74 Å². The van der Waals surface area contributed by atoms with E-state index in [1.54, 1.807) is 0 Å². The number of aryl methyl sites for hydroxylation is 1. The number of hydrogen-bond acceptors (Lipinski definition) is 2. The molecule has 94 valence electrons. The van der Waals surface area contributed by atoms with Crippen LogP contribution < -0.4 is 0 Å². The highest BCUT2D eigenvalue weighted by atomic mass is 19.4. The lowest BCUT2D eigenvalue weighted by Gasteiger charge is -2.11. The maximum absolute atomic E-state index is 12.5. The largest absolute Gasteiger partial charge is 0.465 e. The van der Waals surface area contributed by atoms with Gasteiger partial charge in [0.15, 0.2) is 0 Å². The molecule has 2 nitrogen and oxygen atoms in total. The molecule has 0 bridgehead atoms. The van der Waals surface area contributed by atoms with Gasteiger partial charge in [0.2, 0.25) is 0 Å². The second-order valence-corrected chi connectivity index (χ2v) is 3.61. The summed E-state index contributed by atoms with van der Waals surface area (Å²) < 4.78 is 42.0. The third kappa shape index (κ3) is 3.22. The lowest BCUT2D eigenvalue weighted by molar-refractivity contribution is -0.137. The fourth-order valence-electron chi connectivity index (χ4n) is 1.54. The van der Waals surface area contributed by atoms with Gasteiger partial charge in [0.1, 0.15) is 0 Å². The minimum Gasteiger partial charge on any atom is -0.465 e. The average molecular weight is 246 g/mol. The van der Waals surface area contributed by atoms with Gasteiger partial charge in [-0.1, -0.05) is 19.4 Å². The summed E-state index contributed by atoms with van der Waals surface area (Å²) in [5.41, 5.74) is -0.269. The number of carbonyl (C=O) groups excluding carboxylic acids is 1. The Morgan fingerprint density at radius 2 is 2.00 bits per heavy atom. The van der Waals surface area contributed by atoms with Gasteiger partial charge in [0.05, 0.1) is 18.2 Å². The molecule has 0 fully saturated rings. The molecule has 0 saturated heterocycles. The number of esters is 1. The minimum absolute atomic E-state index is 0.0100. The number of ether oxygens (including phenoxy) is 1. The number of benzene rings is 1. The molecule has 0 radical (unpaired) electrons. The number of carbonyl (C=O) groups is 1. The maximum atomic E-state index is 12.5. The van der Waals surface area contributed by atoms with Crippen LogP contribution in [0, 0.1) is 0 Å². The van der Waals surface area contributed by atoms with Gasteiger partial charge in [-0.05, 0) is 24.1 Å². The van der Waals surface area contributed by atoms with Crippen LogP contribution >= 0.6 is 0 Å². The second-order valence-electron chi connectivity index (χ2n) is 3.61. The van der Waals surface area contributed by atoms with Gasteiger partial charge >= 0.3 is 12.1 Å². The predicted molar refractivity (Wildman–Crippen MR) is 56.8 cm³/mol. The zero-order chi connectivity index (χ0) is 13.1. The van der Waals surface area contributed by atoms with Crippen molar-refractivity contribution >= 4 is 5.97 Å². The molecule has 0 atom stereocenters. The number of methoxy groups -OCH3 is 1. The first-order valence-electron chi connectivity index (χ1n) is 5.18. The van der Waals surface area contributed by atoms with Crippen molar-refractivity contribution in [2.75, 3.05) is 7.11 Å². The van der Waals surface area contributed by atoms with Crippen LogP contribution in [0.4, 0.5) is 13.2 Å². The summed E-state index contributed by atoms with van der Waals surface area (Å²) in [5, 5.41) is 0. The van der Waals surface area contributed by atoms with E-state index in [9.17, 15) is 18.0 Å². The normalized spacial score (nSPS) is 11.4. The van der Waals surface area contributed by atoms with Crippen LogP contribution in [-0.2, 0) is 17.3 Å². The first-order chi connectivity index (χ1) is 7.90. The summed E-state index contributed by atoms with van der Waals surface area (Å²) in [5.74, 6) is -0.737. The van der Waals surface area contributed by atoms with E-state index in [4.69, 9.17) is 0 Å². The van der Waals surface area contributed by atoms with E-state index < -0.39 is 17.7 Å². The molecule has 0 aliphatic heterocycles. The van der Waals surface area contributed by atoms with Gasteiger partial charge in [-0.15, -0.1) is 0 Å². The summed E-state index contributed by atoms with van der Waals surface area (Å²) in [7, 11) is 1.15. The quantitative estimate of drug-likeness (QED) is 0.763. The van der Waals surface area contributed by atoms with Crippen molar-refractivity contribution in [3.63, 3.8) is 0 Å². The zero-order valence-electron chi connectivity index (χ0n) is 9.60. The summed E-state index contributed by atoms with van der Waals surface area (Å²) in [4.78, 5) is 11.4. The van der Waals surface area contributed by atoms with Gasteiger partial charge in [0, 0.05) is 0 Å². The van der Waals surface area contributed by atoms with Crippen LogP contribution in [0.1, 0.15) is 34.8 Å². The van der Waals surface area contributed by atoms with Crippen LogP contribution in [0.25, 0.3) is 0 Å². The number of hydrogen-bond donors (Lipinski definition) is 0. The summed E-state index contributed by atoms with van der Waals surface area (Å²) in [6, 6.07) is 3.16. The molecule has 5 heteroatoms. The Morgan fingerprint density at radius 1 is 1.35 bits per heavy atom. The molecular weight excluding hydrogens is 233 g/mol. The Morgan fingerprint density at radius 3 is 2.47 bits per heavy atom. The molecule has 0 aliphatic carbocycles. The van der Waals surface area contributed by atoms with E-state index in [1.807, 2.05) is 6.92 Å². The molecule has 0 unspecified atom stereocenters. The highest BCUT2D eigenvalue weighted by Gasteiger charge is 2.31. The molecule has 0 spiro atoms. The number of alkyl halides is 3. The van der Waals surface area contributed by atoms with Gasteiger partial charge in [-0.25, -0.2) is 4.79 Å². The fraction of sp³-hybridized carbons (Fsp3) is 0.417. The third-order valence-corrected chi connectivity index (χ3v) is 2.36. The van der Waals surface area contributed by atoms with Crippen LogP contribution in [0.2, 0.25) is 0 Å². The van der Waals surface area contributed by atoms with Crippen LogP contribution in [0.3, 0.4) is 0 Å². The summed E-state index contributed by atoms with van der Waals surface area (Å²) in [6.07, 6.45) is -3.16. The van der Waals surface area contributed by atoms with Gasteiger partial charge in [-0.2, -0.15) is 13.2 Å². The molecule has 0 N–H and O–H groups in total. The van der Waals surface area contributed by atoms with E-state index >= 15 is 0 Å². The van der Waals surface area contributed by atoms with Crippen LogP contribution in [-0.4, -0.2) is 13.1 Å². The topological polar surface area (TPSA) is 26.3 Å². The molecule has 1 aromatic carbocycles. The monoisotopic (exact) mass is 246 g/mol. The third-order valence-electron chi connectivity index (χ3n) is 2.36. The predicted octanol–water partition coefficient (Wildman–Crippen LogP) is 3.44. The highest BCUT2D eigenvalue weighted by molar-refractivity contribution is 5.91. The van der Waals surface area contributed by atoms with Crippen molar-refractivity contribution in [3.05, 3.63) is 34.9 Å². The first kappa shape index (κ1) is 13.5. The Balaban J connectivity index is 3.24. The minimum atomic E-state index is -4.45. The number of rotatable bonds is 3. The maximum Gasteiger partial charge on any atom is 0.416 e. The van der Waals surface area contributed by atoms with Crippen molar-refractivity contribution < 1.29 is 22.7 Å². The molecule has 0 aliphatic rings. The highest BCUT2D eigenvalue weighted by Crippen LogP contribution is 2.31. The van der Waals surface area contributed by atoms with Crippen molar-refractivity contribution in [1.82, 2.24) is 0 Å². The molecular formula is C12H13F3O2. The first-order valence-corrected chi connectivity index (χ1v) is 5.18. The molecule has 0 aromatic heterocycles. The Bertz CT molecular complexity index is 411. The second kappa shape index (κ2) is 5.21. The zero-order valence-corrected chi connectivity index (χ0v) is 9.60. The Kier molecular flexibility index (Phi) is 4.15. The molecule has 0 saturated carbocycles. The van der Waals surface area contributed by atoms with E-state index in [1.165, 1.54) is 6.07 Å². The lowest BCUT2D eigenvalue weighted by Crippen LogP contribution is -2.11. The fourth-order valence-corrected chi connectivity index (χ4v) is 1.54. The lowest BCUT2D eigenvalue weighted by atomic mass is 10.00. The Labute approximate surface area is 97.4 Å². The van der Waals surface area contributed by atoms with Gasteiger partial charge < -0.3 is 4.74 Å². The van der Waals surface area contributed by atoms with E-state index in [0.29, 0.717) is 12.0 Å². The smallest absolute Gasteiger partial charge is 0.416 e. The van der Waals surface area contributed by atoms with Crippen molar-refractivity contribution in [2.24, 2.45) is 0 Å². The summed E-state index contributed by atoms with van der Waals surface area (Å²) in [6.45, 7) is 1.89. The van der Waals surface area contributed by atoms with E-state index in [-0.39, 0.29) is 5.56 Å². The van der Waals surface area contributed by atoms with Crippen LogP contribution in [0.5, 0.6) is 0 Å². The van der Waals surface area contributed by atoms with Crippen molar-refractivity contribution in [1.29, 1.82) is 0 Å². The molecule has 0 heterocycles. The van der Waals surface area contributed by atoms with Crippen molar-refractivity contribution in [3.8, 4) is 0 Å². The molecule has 1 aromatic rings. The van der Waals surface area contributed by atoms with Crippen LogP contribution in [0.15, 0.2) is 18.2 Å². The average Bonchev–Trinajstić information content (AvgIpc) is 2.27. The SMILES string of the molecule is CCCc1ccc(C(F)(F)F)cc1C(=O)OC. The van der Waals surface area contributed by atoms with E-state index in [0.717, 1.165) is 25.7 Å². The molecule has 0 amide bonds. The van der Waals surface area contributed by atoms with Crippen molar-refractivity contribution in [2.45, 2.75) is 25.9 Å².